The van der Waals surface area contributed by atoms with E-state index < -0.39 is 42.4 Å². The Hall–Kier alpha value is -2.12. The maximum absolute atomic E-state index is 11.0. The Morgan fingerprint density at radius 3 is 2.22 bits per heavy atom. The number of carboxylic acids is 2. The molecule has 8 nitrogen and oxygen atoms in total. The Balaban J connectivity index is 2.93. The molecular formula is C10H12O8. The van der Waals surface area contributed by atoms with Crippen LogP contribution in [0.2, 0.25) is 0 Å². The summed E-state index contributed by atoms with van der Waals surface area (Å²) >= 11 is 0. The minimum Gasteiger partial charge on any atom is -0.481 e. The fraction of sp³-hybridized carbons (Fsp3) is 0.600. The van der Waals surface area contributed by atoms with Crippen molar-refractivity contribution in [2.45, 2.75) is 25.0 Å². The van der Waals surface area contributed by atoms with E-state index in [-0.39, 0.29) is 19.4 Å². The summed E-state index contributed by atoms with van der Waals surface area (Å²) in [7, 11) is 0. The van der Waals surface area contributed by atoms with Crippen LogP contribution in [0.25, 0.3) is 0 Å². The van der Waals surface area contributed by atoms with Gasteiger partial charge in [0.2, 0.25) is 0 Å². The third kappa shape index (κ3) is 2.96. The summed E-state index contributed by atoms with van der Waals surface area (Å²) in [6, 6.07) is 0. The molecule has 1 aliphatic carbocycles. The number of carboxylic acid groups (broad SMARTS) is 2. The van der Waals surface area contributed by atoms with Gasteiger partial charge in [-0.15, -0.1) is 0 Å². The lowest BCUT2D eigenvalue weighted by Gasteiger charge is -2.21. The van der Waals surface area contributed by atoms with Crippen LogP contribution in [0.3, 0.4) is 0 Å². The van der Waals surface area contributed by atoms with Gasteiger partial charge in [0.25, 0.3) is 12.9 Å². The molecule has 0 amide bonds. The molecular weight excluding hydrogens is 248 g/mol. The second-order valence-corrected chi connectivity index (χ2v) is 3.91. The highest BCUT2D eigenvalue weighted by Crippen LogP contribution is 2.38. The average molecular weight is 260 g/mol. The van der Waals surface area contributed by atoms with Crippen LogP contribution in [0.5, 0.6) is 0 Å². The molecule has 0 aromatic rings. The van der Waals surface area contributed by atoms with Gasteiger partial charge in [-0.25, -0.2) is 0 Å². The predicted molar refractivity (Wildman–Crippen MR) is 53.4 cm³/mol. The van der Waals surface area contributed by atoms with Gasteiger partial charge in [0.05, 0.1) is 12.3 Å². The van der Waals surface area contributed by atoms with Gasteiger partial charge in [0.1, 0.15) is 12.2 Å². The number of rotatable bonds is 7. The molecule has 1 fully saturated rings. The van der Waals surface area contributed by atoms with Crippen molar-refractivity contribution in [1.82, 2.24) is 0 Å². The summed E-state index contributed by atoms with van der Waals surface area (Å²) in [6.45, 7) is 0.207. The highest BCUT2D eigenvalue weighted by Gasteiger charge is 2.50. The van der Waals surface area contributed by atoms with E-state index in [1.165, 1.54) is 0 Å². The number of ether oxygens (including phenoxy) is 2. The van der Waals surface area contributed by atoms with Crippen LogP contribution >= 0.6 is 0 Å². The van der Waals surface area contributed by atoms with Gasteiger partial charge >= 0.3 is 11.9 Å². The lowest BCUT2D eigenvalue weighted by atomic mass is 9.91. The molecule has 2 N–H and O–H groups in total. The number of hydrogen-bond acceptors (Lipinski definition) is 6. The topological polar surface area (TPSA) is 127 Å². The molecule has 0 radical (unpaired) electrons. The zero-order chi connectivity index (χ0) is 13.7. The Kier molecular flexibility index (Phi) is 4.64. The Labute approximate surface area is 101 Å². The zero-order valence-corrected chi connectivity index (χ0v) is 9.22. The molecule has 18 heavy (non-hydrogen) atoms. The first kappa shape index (κ1) is 13.9. The van der Waals surface area contributed by atoms with E-state index >= 15 is 0 Å². The molecule has 0 aliphatic heterocycles. The second-order valence-electron chi connectivity index (χ2n) is 3.91. The second kappa shape index (κ2) is 5.99. The van der Waals surface area contributed by atoms with Gasteiger partial charge in [-0.3, -0.25) is 19.2 Å². The van der Waals surface area contributed by atoms with Crippen LogP contribution in [0.15, 0.2) is 0 Å². The van der Waals surface area contributed by atoms with Crippen LogP contribution < -0.4 is 0 Å². The van der Waals surface area contributed by atoms with Crippen molar-refractivity contribution in [2.75, 3.05) is 0 Å². The fourth-order valence-electron chi connectivity index (χ4n) is 2.26. The molecule has 8 heteroatoms. The first-order chi connectivity index (χ1) is 8.51. The number of hydrogen-bond donors (Lipinski definition) is 2. The lowest BCUT2D eigenvalue weighted by Crippen LogP contribution is -2.33. The largest absolute Gasteiger partial charge is 0.481 e. The van der Waals surface area contributed by atoms with Crippen molar-refractivity contribution in [3.05, 3.63) is 0 Å². The maximum atomic E-state index is 11.0. The van der Waals surface area contributed by atoms with Gasteiger partial charge in [0, 0.05) is 12.3 Å². The highest BCUT2D eigenvalue weighted by atomic mass is 16.6. The molecule has 0 saturated heterocycles. The molecule has 0 spiro atoms. The van der Waals surface area contributed by atoms with Crippen molar-refractivity contribution < 1.29 is 38.9 Å². The summed E-state index contributed by atoms with van der Waals surface area (Å²) in [6.07, 6.45) is -2.54. The monoisotopic (exact) mass is 260 g/mol. The lowest BCUT2D eigenvalue weighted by molar-refractivity contribution is -0.154. The van der Waals surface area contributed by atoms with Gasteiger partial charge in [-0.2, -0.15) is 0 Å². The average Bonchev–Trinajstić information content (AvgIpc) is 2.59. The van der Waals surface area contributed by atoms with E-state index in [9.17, 15) is 19.2 Å². The van der Waals surface area contributed by atoms with E-state index in [1.54, 1.807) is 0 Å². The Morgan fingerprint density at radius 2 is 1.78 bits per heavy atom. The van der Waals surface area contributed by atoms with Crippen LogP contribution in [-0.2, 0) is 28.7 Å². The predicted octanol–water partition coefficient (Wildman–Crippen LogP) is -0.735. The van der Waals surface area contributed by atoms with E-state index in [1.807, 2.05) is 0 Å². The first-order valence-corrected chi connectivity index (χ1v) is 5.14. The van der Waals surface area contributed by atoms with Gasteiger partial charge in [0.15, 0.2) is 0 Å². The molecule has 0 aromatic heterocycles. The van der Waals surface area contributed by atoms with E-state index in [0.29, 0.717) is 0 Å². The Bertz CT molecular complexity index is 352. The van der Waals surface area contributed by atoms with Crippen LogP contribution in [-0.4, -0.2) is 47.3 Å². The van der Waals surface area contributed by atoms with Gasteiger partial charge < -0.3 is 19.7 Å². The quantitative estimate of drug-likeness (QED) is 0.573. The van der Waals surface area contributed by atoms with Crippen LogP contribution in [0, 0.1) is 11.8 Å². The molecule has 0 aromatic carbocycles. The van der Waals surface area contributed by atoms with Crippen LogP contribution in [0.4, 0.5) is 0 Å². The molecule has 0 bridgehead atoms. The Morgan fingerprint density at radius 1 is 1.17 bits per heavy atom. The van der Waals surface area contributed by atoms with E-state index in [2.05, 4.69) is 9.47 Å². The highest BCUT2D eigenvalue weighted by molar-refractivity contribution is 5.74. The van der Waals surface area contributed by atoms with Crippen molar-refractivity contribution in [3.8, 4) is 0 Å². The molecule has 1 saturated carbocycles. The summed E-state index contributed by atoms with van der Waals surface area (Å²) < 4.78 is 9.31. The SMILES string of the molecule is O=COC1CC(C(=O)O)C(CC(=O)O)C1OC=O. The minimum atomic E-state index is -1.21. The zero-order valence-electron chi connectivity index (χ0n) is 9.22. The smallest absolute Gasteiger partial charge is 0.307 e. The van der Waals surface area contributed by atoms with E-state index in [4.69, 9.17) is 10.2 Å². The number of carbonyl (C=O) groups is 4. The minimum absolute atomic E-state index is 0.0788. The fourth-order valence-corrected chi connectivity index (χ4v) is 2.26. The van der Waals surface area contributed by atoms with Crippen LogP contribution in [0.1, 0.15) is 12.8 Å². The summed E-state index contributed by atoms with van der Waals surface area (Å²) in [4.78, 5) is 42.3. The summed E-state index contributed by atoms with van der Waals surface area (Å²) in [5.74, 6) is -4.37. The van der Waals surface area contributed by atoms with Gasteiger partial charge in [-0.05, 0) is 0 Å². The van der Waals surface area contributed by atoms with Crippen molar-refractivity contribution in [3.63, 3.8) is 0 Å². The standard InChI is InChI=1S/C10H12O8/c11-3-17-7-1-6(10(15)16)5(2-8(13)14)9(7)18-4-12/h3-7,9H,1-2H2,(H,13,14)(H,15,16). The van der Waals surface area contributed by atoms with Gasteiger partial charge in [-0.1, -0.05) is 0 Å². The van der Waals surface area contributed by atoms with Crippen molar-refractivity contribution in [2.24, 2.45) is 11.8 Å². The summed E-state index contributed by atoms with van der Waals surface area (Å²) in [5, 5.41) is 17.7. The number of carbonyl (C=O) groups excluding carboxylic acids is 2. The third-order valence-electron chi connectivity index (χ3n) is 2.96. The van der Waals surface area contributed by atoms with Crippen molar-refractivity contribution in [1.29, 1.82) is 0 Å². The first-order valence-electron chi connectivity index (χ1n) is 5.14. The molecule has 1 aliphatic rings. The third-order valence-corrected chi connectivity index (χ3v) is 2.96. The normalized spacial score (nSPS) is 30.4. The molecule has 1 rings (SSSR count). The molecule has 0 heterocycles. The molecule has 4 unspecified atom stereocenters. The van der Waals surface area contributed by atoms with Crippen molar-refractivity contribution >= 4 is 24.9 Å². The van der Waals surface area contributed by atoms with E-state index in [0.717, 1.165) is 0 Å². The molecule has 4 atom stereocenters. The summed E-state index contributed by atoms with van der Waals surface area (Å²) in [5.41, 5.74) is 0. The number of aliphatic carboxylic acids is 2. The molecule has 100 valence electrons. The maximum Gasteiger partial charge on any atom is 0.307 e.